The Balaban J connectivity index is 2.22. The summed E-state index contributed by atoms with van der Waals surface area (Å²) in [7, 11) is 0. The van der Waals surface area contributed by atoms with Gasteiger partial charge in [-0.3, -0.25) is 4.99 Å². The van der Waals surface area contributed by atoms with E-state index in [0.717, 1.165) is 28.7 Å². The summed E-state index contributed by atoms with van der Waals surface area (Å²) in [5.74, 6) is -0.874. The lowest BCUT2D eigenvalue weighted by Gasteiger charge is -2.22. The van der Waals surface area contributed by atoms with Gasteiger partial charge in [-0.05, 0) is 92.3 Å². The summed E-state index contributed by atoms with van der Waals surface area (Å²) in [6, 6.07) is -0.0309. The van der Waals surface area contributed by atoms with E-state index in [1.165, 1.54) is 41.7 Å². The van der Waals surface area contributed by atoms with E-state index < -0.39 is 5.97 Å². The molecule has 1 aromatic rings. The average Bonchev–Trinajstić information content (AvgIpc) is 3.34. The third kappa shape index (κ3) is 4.75. The molecule has 1 unspecified atom stereocenters. The number of carboxylic acids is 1. The second-order valence-electron chi connectivity index (χ2n) is 7.92. The lowest BCUT2D eigenvalue weighted by Crippen LogP contribution is -2.13. The molecule has 2 aliphatic rings. The standard InChI is InChI=1S/C23H28N2O3S/c1-5-18-8-16(9-20(26)19(11-24-18)23(27)28)14(4)22(17-10-25-29-12-17)21(13(2)3)15-6-7-15/h9-12,15,18,26H,5-8H2,1-4H3,(H,27,28)/b16-9+,20-19-,22-14+,24-11?. The zero-order chi connectivity index (χ0) is 21.1. The Morgan fingerprint density at radius 1 is 1.28 bits per heavy atom. The number of nitrogens with zero attached hydrogens (tertiary/aromatic N) is 2. The van der Waals surface area contributed by atoms with E-state index in [0.29, 0.717) is 12.3 Å². The molecule has 1 aromatic heterocycles. The first kappa shape index (κ1) is 21.2. The van der Waals surface area contributed by atoms with Crippen molar-refractivity contribution >= 4 is 29.3 Å². The summed E-state index contributed by atoms with van der Waals surface area (Å²) in [6.07, 6.45) is 8.61. The number of carbonyl (C=O) groups is 1. The molecule has 1 aliphatic heterocycles. The first-order valence-corrected chi connectivity index (χ1v) is 10.9. The van der Waals surface area contributed by atoms with Crippen LogP contribution in [0.3, 0.4) is 0 Å². The van der Waals surface area contributed by atoms with Crippen LogP contribution in [0.15, 0.2) is 56.3 Å². The van der Waals surface area contributed by atoms with Gasteiger partial charge in [0.05, 0.1) is 6.04 Å². The molecule has 1 aliphatic carbocycles. The predicted molar refractivity (Wildman–Crippen MR) is 118 cm³/mol. The monoisotopic (exact) mass is 412 g/mol. The van der Waals surface area contributed by atoms with Crippen molar-refractivity contribution in [2.75, 3.05) is 0 Å². The zero-order valence-corrected chi connectivity index (χ0v) is 18.2. The molecule has 154 valence electrons. The largest absolute Gasteiger partial charge is 0.507 e. The second-order valence-corrected chi connectivity index (χ2v) is 8.58. The van der Waals surface area contributed by atoms with Gasteiger partial charge in [0.15, 0.2) is 0 Å². The maximum Gasteiger partial charge on any atom is 0.341 e. The average molecular weight is 413 g/mol. The minimum absolute atomic E-state index is 0.0309. The fraction of sp³-hybridized carbons (Fsp3) is 0.435. The number of aliphatic imine (C=N–C) groups is 1. The zero-order valence-electron chi connectivity index (χ0n) is 17.4. The molecule has 0 radical (unpaired) electrons. The molecule has 3 rings (SSSR count). The van der Waals surface area contributed by atoms with Crippen molar-refractivity contribution in [3.8, 4) is 0 Å². The highest BCUT2D eigenvalue weighted by Crippen LogP contribution is 2.47. The van der Waals surface area contributed by atoms with E-state index in [9.17, 15) is 15.0 Å². The van der Waals surface area contributed by atoms with Crippen LogP contribution in [0.2, 0.25) is 0 Å². The maximum atomic E-state index is 11.6. The van der Waals surface area contributed by atoms with Crippen molar-refractivity contribution in [1.29, 1.82) is 0 Å². The Morgan fingerprint density at radius 3 is 2.52 bits per heavy atom. The van der Waals surface area contributed by atoms with Crippen molar-refractivity contribution in [3.05, 3.63) is 56.8 Å². The van der Waals surface area contributed by atoms with Crippen molar-refractivity contribution in [3.63, 3.8) is 0 Å². The van der Waals surface area contributed by atoms with Crippen molar-refractivity contribution in [1.82, 2.24) is 4.37 Å². The molecule has 1 fully saturated rings. The minimum Gasteiger partial charge on any atom is -0.507 e. The van der Waals surface area contributed by atoms with Gasteiger partial charge in [-0.2, -0.15) is 0 Å². The van der Waals surface area contributed by atoms with Crippen LogP contribution in [-0.2, 0) is 4.79 Å². The highest BCUT2D eigenvalue weighted by Gasteiger charge is 2.31. The Hall–Kier alpha value is -2.47. The van der Waals surface area contributed by atoms with Crippen LogP contribution in [-0.4, -0.2) is 32.8 Å². The Labute approximate surface area is 176 Å². The summed E-state index contributed by atoms with van der Waals surface area (Å²) in [5, 5.41) is 22.0. The molecular formula is C23H28N2O3S. The maximum absolute atomic E-state index is 11.6. The first-order chi connectivity index (χ1) is 13.8. The molecule has 0 spiro atoms. The summed E-state index contributed by atoms with van der Waals surface area (Å²) in [5.41, 5.74) is 6.69. The number of carboxylic acid groups (broad SMARTS) is 1. The van der Waals surface area contributed by atoms with E-state index in [1.807, 2.05) is 13.1 Å². The SMILES string of the molecule is CCC1CC(/C(C)=C(/C(=C(C)C)C2CC2)c2cnsc2)=C\C(O)=C(\C(=O)O)C=N1. The lowest BCUT2D eigenvalue weighted by atomic mass is 9.84. The number of aromatic nitrogens is 1. The van der Waals surface area contributed by atoms with E-state index >= 15 is 0 Å². The fourth-order valence-corrected chi connectivity index (χ4v) is 4.36. The molecule has 0 saturated heterocycles. The predicted octanol–water partition coefficient (Wildman–Crippen LogP) is 5.74. The van der Waals surface area contributed by atoms with Gasteiger partial charge in [-0.25, -0.2) is 9.17 Å². The first-order valence-electron chi connectivity index (χ1n) is 10.0. The van der Waals surface area contributed by atoms with Gasteiger partial charge in [0.25, 0.3) is 0 Å². The smallest absolute Gasteiger partial charge is 0.341 e. The number of aliphatic hydroxyl groups excluding tert-OH is 1. The van der Waals surface area contributed by atoms with Crippen molar-refractivity contribution in [2.24, 2.45) is 10.9 Å². The topological polar surface area (TPSA) is 82.8 Å². The summed E-state index contributed by atoms with van der Waals surface area (Å²) < 4.78 is 4.31. The molecular weight excluding hydrogens is 384 g/mol. The molecule has 1 atom stereocenters. The van der Waals surface area contributed by atoms with E-state index in [-0.39, 0.29) is 17.4 Å². The van der Waals surface area contributed by atoms with Crippen LogP contribution in [0.5, 0.6) is 0 Å². The van der Waals surface area contributed by atoms with Crippen LogP contribution < -0.4 is 0 Å². The fourth-order valence-electron chi connectivity index (χ4n) is 3.83. The Morgan fingerprint density at radius 2 is 2.00 bits per heavy atom. The van der Waals surface area contributed by atoms with Crippen LogP contribution in [0, 0.1) is 5.92 Å². The molecule has 0 amide bonds. The number of rotatable bonds is 6. The summed E-state index contributed by atoms with van der Waals surface area (Å²) in [4.78, 5) is 16.0. The van der Waals surface area contributed by atoms with Crippen LogP contribution >= 0.6 is 11.5 Å². The van der Waals surface area contributed by atoms with E-state index in [2.05, 4.69) is 35.5 Å². The highest BCUT2D eigenvalue weighted by atomic mass is 32.1. The van der Waals surface area contributed by atoms with Crippen LogP contribution in [0.4, 0.5) is 0 Å². The van der Waals surface area contributed by atoms with Crippen molar-refractivity contribution in [2.45, 2.75) is 59.4 Å². The number of aliphatic carboxylic acids is 1. The Kier molecular flexibility index (Phi) is 6.52. The molecule has 5 nitrogen and oxygen atoms in total. The summed E-state index contributed by atoms with van der Waals surface area (Å²) >= 11 is 1.42. The molecule has 0 aromatic carbocycles. The molecule has 6 heteroatoms. The van der Waals surface area contributed by atoms with Crippen molar-refractivity contribution < 1.29 is 15.0 Å². The van der Waals surface area contributed by atoms with E-state index in [4.69, 9.17) is 0 Å². The molecule has 1 saturated carbocycles. The molecule has 2 N–H and O–H groups in total. The normalized spacial score (nSPS) is 24.8. The summed E-state index contributed by atoms with van der Waals surface area (Å²) in [6.45, 7) is 8.40. The molecule has 29 heavy (non-hydrogen) atoms. The third-order valence-corrected chi connectivity index (χ3v) is 6.12. The van der Waals surface area contributed by atoms with Gasteiger partial charge in [0.1, 0.15) is 11.3 Å². The van der Waals surface area contributed by atoms with Gasteiger partial charge >= 0.3 is 5.97 Å². The number of hydrogen-bond acceptors (Lipinski definition) is 5. The molecule has 0 bridgehead atoms. The number of allylic oxidation sites excluding steroid dienone is 5. The Bertz CT molecular complexity index is 941. The van der Waals surface area contributed by atoms with Gasteiger partial charge in [-0.1, -0.05) is 12.5 Å². The minimum atomic E-state index is -1.18. The third-order valence-electron chi connectivity index (χ3n) is 5.53. The van der Waals surface area contributed by atoms with Gasteiger partial charge in [0.2, 0.25) is 0 Å². The number of aliphatic hydroxyl groups is 1. The quantitative estimate of drug-likeness (QED) is 0.584. The van der Waals surface area contributed by atoms with E-state index in [1.54, 1.807) is 6.08 Å². The lowest BCUT2D eigenvalue weighted by molar-refractivity contribution is -0.132. The second kappa shape index (κ2) is 8.91. The highest BCUT2D eigenvalue weighted by molar-refractivity contribution is 7.03. The van der Waals surface area contributed by atoms with Crippen LogP contribution in [0.1, 0.15) is 58.9 Å². The van der Waals surface area contributed by atoms with Crippen LogP contribution in [0.25, 0.3) is 5.57 Å². The van der Waals surface area contributed by atoms with Gasteiger partial charge < -0.3 is 10.2 Å². The molecule has 2 heterocycles. The van der Waals surface area contributed by atoms with Gasteiger partial charge in [-0.15, -0.1) is 0 Å². The van der Waals surface area contributed by atoms with Gasteiger partial charge in [0, 0.05) is 23.4 Å². The number of hydrogen-bond donors (Lipinski definition) is 2.